The van der Waals surface area contributed by atoms with E-state index in [0.29, 0.717) is 0 Å². The molecule has 2 rings (SSSR count). The number of carbonyl (C=O) groups excluding carboxylic acids is 1. The summed E-state index contributed by atoms with van der Waals surface area (Å²) in [4.78, 5) is 11.6. The molecule has 1 saturated heterocycles. The number of halogens is 1. The van der Waals surface area contributed by atoms with E-state index in [0.717, 1.165) is 16.4 Å². The molecule has 7 nitrogen and oxygen atoms in total. The van der Waals surface area contributed by atoms with Crippen LogP contribution in [0.25, 0.3) is 0 Å². The Morgan fingerprint density at radius 2 is 2.00 bits per heavy atom. The first kappa shape index (κ1) is 17.6. The summed E-state index contributed by atoms with van der Waals surface area (Å²) in [5.41, 5.74) is 0. The summed E-state index contributed by atoms with van der Waals surface area (Å²) in [6, 6.07) is 2.15. The van der Waals surface area contributed by atoms with Gasteiger partial charge in [-0.1, -0.05) is 0 Å². The van der Waals surface area contributed by atoms with Crippen LogP contribution in [-0.4, -0.2) is 58.7 Å². The fourth-order valence-electron chi connectivity index (χ4n) is 2.53. The van der Waals surface area contributed by atoms with E-state index < -0.39 is 34.0 Å². The average Bonchev–Trinajstić information content (AvgIpc) is 2.99. The summed E-state index contributed by atoms with van der Waals surface area (Å²) in [5, 5.41) is 0. The highest BCUT2D eigenvalue weighted by Crippen LogP contribution is 2.33. The van der Waals surface area contributed by atoms with Crippen molar-refractivity contribution in [3.63, 3.8) is 0 Å². The number of methoxy groups -OCH3 is 3. The van der Waals surface area contributed by atoms with E-state index >= 15 is 0 Å². The fourth-order valence-corrected chi connectivity index (χ4v) is 4.32. The maximum atomic E-state index is 13.5. The SMILES string of the molecule is COC(=O)[C@@H]1C[C@@H](OC)CN1S(=O)(=O)c1cc(F)ccc1OC. The van der Waals surface area contributed by atoms with Gasteiger partial charge < -0.3 is 14.2 Å². The van der Waals surface area contributed by atoms with Crippen molar-refractivity contribution in [1.82, 2.24) is 4.31 Å². The topological polar surface area (TPSA) is 82.1 Å². The first-order valence-electron chi connectivity index (χ1n) is 6.81. The fraction of sp³-hybridized carbons (Fsp3) is 0.500. The minimum atomic E-state index is -4.16. The highest BCUT2D eigenvalue weighted by atomic mass is 32.2. The Labute approximate surface area is 134 Å². The lowest BCUT2D eigenvalue weighted by Crippen LogP contribution is -2.41. The van der Waals surface area contributed by atoms with Gasteiger partial charge in [-0.2, -0.15) is 4.31 Å². The third-order valence-electron chi connectivity index (χ3n) is 3.74. The van der Waals surface area contributed by atoms with Crippen LogP contribution >= 0.6 is 0 Å². The molecule has 1 fully saturated rings. The van der Waals surface area contributed by atoms with E-state index in [1.165, 1.54) is 27.4 Å². The molecule has 0 spiro atoms. The van der Waals surface area contributed by atoms with Gasteiger partial charge in [0.05, 0.1) is 20.3 Å². The van der Waals surface area contributed by atoms with Gasteiger partial charge in [-0.05, 0) is 18.2 Å². The van der Waals surface area contributed by atoms with Crippen molar-refractivity contribution in [2.45, 2.75) is 23.5 Å². The highest BCUT2D eigenvalue weighted by Gasteiger charge is 2.45. The Morgan fingerprint density at radius 1 is 1.30 bits per heavy atom. The van der Waals surface area contributed by atoms with Crippen LogP contribution in [0.5, 0.6) is 5.75 Å². The molecule has 1 aromatic rings. The molecule has 1 aromatic carbocycles. The molecule has 0 saturated carbocycles. The zero-order valence-electron chi connectivity index (χ0n) is 13.0. The number of hydrogen-bond acceptors (Lipinski definition) is 6. The first-order valence-corrected chi connectivity index (χ1v) is 8.25. The number of sulfonamides is 1. The second-order valence-corrected chi connectivity index (χ2v) is 6.86. The van der Waals surface area contributed by atoms with E-state index in [1.54, 1.807) is 0 Å². The summed E-state index contributed by atoms with van der Waals surface area (Å²) < 4.78 is 55.0. The largest absolute Gasteiger partial charge is 0.495 e. The number of benzene rings is 1. The van der Waals surface area contributed by atoms with Crippen LogP contribution in [0.1, 0.15) is 6.42 Å². The van der Waals surface area contributed by atoms with E-state index in [-0.39, 0.29) is 23.6 Å². The molecule has 1 heterocycles. The third kappa shape index (κ3) is 3.31. The van der Waals surface area contributed by atoms with Crippen LogP contribution in [0.2, 0.25) is 0 Å². The molecule has 23 heavy (non-hydrogen) atoms. The van der Waals surface area contributed by atoms with E-state index in [1.807, 2.05) is 0 Å². The molecule has 128 valence electrons. The van der Waals surface area contributed by atoms with Crippen molar-refractivity contribution >= 4 is 16.0 Å². The van der Waals surface area contributed by atoms with Gasteiger partial charge in [0.25, 0.3) is 0 Å². The maximum Gasteiger partial charge on any atom is 0.324 e. The Balaban J connectivity index is 2.49. The van der Waals surface area contributed by atoms with Gasteiger partial charge >= 0.3 is 5.97 Å². The molecule has 0 aromatic heterocycles. The molecule has 0 radical (unpaired) electrons. The number of ether oxygens (including phenoxy) is 3. The summed E-state index contributed by atoms with van der Waals surface area (Å²) in [5.74, 6) is -1.42. The molecule has 9 heteroatoms. The lowest BCUT2D eigenvalue weighted by Gasteiger charge is -2.22. The number of hydrogen-bond donors (Lipinski definition) is 0. The van der Waals surface area contributed by atoms with Crippen LogP contribution in [0, 0.1) is 5.82 Å². The van der Waals surface area contributed by atoms with Crippen molar-refractivity contribution in [1.29, 1.82) is 0 Å². The van der Waals surface area contributed by atoms with E-state index in [2.05, 4.69) is 4.74 Å². The van der Waals surface area contributed by atoms with Crippen LogP contribution in [-0.2, 0) is 24.3 Å². The van der Waals surface area contributed by atoms with Crippen LogP contribution in [0.15, 0.2) is 23.1 Å². The summed E-state index contributed by atoms with van der Waals surface area (Å²) in [6.45, 7) is -0.0295. The lowest BCUT2D eigenvalue weighted by molar-refractivity contribution is -0.144. The summed E-state index contributed by atoms with van der Waals surface area (Å²) in [6.07, 6.45) is -0.284. The summed E-state index contributed by atoms with van der Waals surface area (Å²) >= 11 is 0. The normalized spacial score (nSPS) is 22.1. The zero-order chi connectivity index (χ0) is 17.2. The molecule has 0 amide bonds. The Bertz CT molecular complexity index is 693. The molecule has 1 aliphatic rings. The molecule has 0 bridgehead atoms. The Kier molecular flexibility index (Phi) is 5.23. The standard InChI is InChI=1S/C14H18FNO6S/c1-20-10-7-11(14(17)22-3)16(8-10)23(18,19)13-6-9(15)4-5-12(13)21-2/h4-6,10-11H,7-8H2,1-3H3/t10-,11+/m1/s1. The second-order valence-electron chi connectivity index (χ2n) is 5.00. The van der Waals surface area contributed by atoms with Gasteiger partial charge in [0.1, 0.15) is 22.5 Å². The van der Waals surface area contributed by atoms with Gasteiger partial charge in [-0.15, -0.1) is 0 Å². The predicted molar refractivity (Wildman–Crippen MR) is 78.1 cm³/mol. The van der Waals surface area contributed by atoms with Gasteiger partial charge in [0, 0.05) is 20.1 Å². The van der Waals surface area contributed by atoms with Crippen molar-refractivity contribution in [2.24, 2.45) is 0 Å². The van der Waals surface area contributed by atoms with Gasteiger partial charge in [-0.25, -0.2) is 12.8 Å². The molecule has 0 aliphatic carbocycles. The zero-order valence-corrected chi connectivity index (χ0v) is 13.8. The maximum absolute atomic E-state index is 13.5. The van der Waals surface area contributed by atoms with Crippen molar-refractivity contribution < 1.29 is 31.8 Å². The van der Waals surface area contributed by atoms with Crippen molar-refractivity contribution in [2.75, 3.05) is 27.9 Å². The summed E-state index contributed by atoms with van der Waals surface area (Å²) in [7, 11) is -0.275. The van der Waals surface area contributed by atoms with E-state index in [4.69, 9.17) is 9.47 Å². The predicted octanol–water partition coefficient (Wildman–Crippen LogP) is 0.785. The number of nitrogens with zero attached hydrogens (tertiary/aromatic N) is 1. The molecule has 1 aliphatic heterocycles. The van der Waals surface area contributed by atoms with Crippen molar-refractivity contribution in [3.05, 3.63) is 24.0 Å². The average molecular weight is 347 g/mol. The number of esters is 1. The quantitative estimate of drug-likeness (QED) is 0.733. The molecule has 0 unspecified atom stereocenters. The van der Waals surface area contributed by atoms with Crippen LogP contribution < -0.4 is 4.74 Å². The highest BCUT2D eigenvalue weighted by molar-refractivity contribution is 7.89. The lowest BCUT2D eigenvalue weighted by atomic mass is 10.2. The van der Waals surface area contributed by atoms with Crippen molar-refractivity contribution in [3.8, 4) is 5.75 Å². The minimum absolute atomic E-state index is 0.00381. The molecule has 2 atom stereocenters. The molecule has 0 N–H and O–H groups in total. The second kappa shape index (κ2) is 6.81. The van der Waals surface area contributed by atoms with Gasteiger partial charge in [-0.3, -0.25) is 4.79 Å². The van der Waals surface area contributed by atoms with Crippen LogP contribution in [0.4, 0.5) is 4.39 Å². The van der Waals surface area contributed by atoms with Crippen LogP contribution in [0.3, 0.4) is 0 Å². The number of rotatable bonds is 5. The number of carbonyl (C=O) groups is 1. The molecular formula is C14H18FNO6S. The third-order valence-corrected chi connectivity index (χ3v) is 5.63. The van der Waals surface area contributed by atoms with Gasteiger partial charge in [0.15, 0.2) is 0 Å². The Hall–Kier alpha value is -1.71. The minimum Gasteiger partial charge on any atom is -0.495 e. The first-order chi connectivity index (χ1) is 10.8. The Morgan fingerprint density at radius 3 is 2.57 bits per heavy atom. The smallest absolute Gasteiger partial charge is 0.324 e. The van der Waals surface area contributed by atoms with E-state index in [9.17, 15) is 17.6 Å². The molecular weight excluding hydrogens is 329 g/mol. The van der Waals surface area contributed by atoms with Gasteiger partial charge in [0.2, 0.25) is 10.0 Å². The monoisotopic (exact) mass is 347 g/mol.